The fourth-order valence-corrected chi connectivity index (χ4v) is 5.43. The Hall–Kier alpha value is -1.25. The predicted octanol–water partition coefficient (Wildman–Crippen LogP) is 2.79. The van der Waals surface area contributed by atoms with Crippen LogP contribution < -0.4 is 0 Å². The van der Waals surface area contributed by atoms with Crippen LogP contribution in [0, 0.1) is 23.7 Å². The normalized spacial score (nSPS) is 45.3. The molecule has 0 spiro atoms. The van der Waals surface area contributed by atoms with Gasteiger partial charge in [-0.15, -0.1) is 0 Å². The molecule has 0 saturated heterocycles. The molecule has 4 saturated carbocycles. The molecule has 0 amide bonds. The van der Waals surface area contributed by atoms with Crippen LogP contribution in [0.2, 0.25) is 0 Å². The van der Waals surface area contributed by atoms with E-state index in [9.17, 15) is 9.90 Å². The number of hydrogen-bond acceptors (Lipinski definition) is 1. The van der Waals surface area contributed by atoms with Crippen LogP contribution in [-0.2, 0) is 10.2 Å². The number of carboxylic acids is 1. The third-order valence-electron chi connectivity index (χ3n) is 5.77. The maximum Gasteiger partial charge on any atom is 0.307 e. The van der Waals surface area contributed by atoms with E-state index < -0.39 is 5.97 Å². The van der Waals surface area contributed by atoms with E-state index in [1.165, 1.54) is 12.0 Å². The molecule has 3 heteroatoms. The van der Waals surface area contributed by atoms with Crippen molar-refractivity contribution in [3.8, 4) is 0 Å². The number of H-pyrrole nitrogens is 1. The van der Waals surface area contributed by atoms with Crippen LogP contribution in [0.4, 0.5) is 0 Å². The van der Waals surface area contributed by atoms with Gasteiger partial charge in [0.25, 0.3) is 0 Å². The Morgan fingerprint density at radius 3 is 2.56 bits per heavy atom. The first-order chi connectivity index (χ1) is 8.68. The molecule has 3 nitrogen and oxygen atoms in total. The molecule has 96 valence electrons. The van der Waals surface area contributed by atoms with Crippen LogP contribution in [0.25, 0.3) is 0 Å². The molecule has 2 N–H and O–H groups in total. The lowest BCUT2D eigenvalue weighted by Crippen LogP contribution is -2.54. The van der Waals surface area contributed by atoms with E-state index in [0.717, 1.165) is 31.6 Å². The highest BCUT2D eigenvalue weighted by Gasteiger charge is 2.57. The molecule has 5 rings (SSSR count). The minimum atomic E-state index is -0.548. The SMILES string of the molecule is O=C(O)C1C2CC3CC1CC(c1cc[nH]c1)(C3)C2. The largest absolute Gasteiger partial charge is 0.481 e. The van der Waals surface area contributed by atoms with Gasteiger partial charge < -0.3 is 10.1 Å². The summed E-state index contributed by atoms with van der Waals surface area (Å²) in [5.41, 5.74) is 1.72. The zero-order valence-corrected chi connectivity index (χ0v) is 10.4. The van der Waals surface area contributed by atoms with Crippen LogP contribution in [-0.4, -0.2) is 16.1 Å². The summed E-state index contributed by atoms with van der Waals surface area (Å²) in [6.45, 7) is 0. The monoisotopic (exact) mass is 245 g/mol. The molecule has 0 aromatic carbocycles. The van der Waals surface area contributed by atoms with Gasteiger partial charge in [0, 0.05) is 12.4 Å². The Kier molecular flexibility index (Phi) is 2.01. The summed E-state index contributed by atoms with van der Waals surface area (Å²) in [6, 6.07) is 2.20. The van der Waals surface area contributed by atoms with Gasteiger partial charge in [0.15, 0.2) is 0 Å². The highest BCUT2D eigenvalue weighted by molar-refractivity contribution is 5.71. The fourth-order valence-electron chi connectivity index (χ4n) is 5.43. The van der Waals surface area contributed by atoms with E-state index in [0.29, 0.717) is 17.3 Å². The number of nitrogens with one attached hydrogen (secondary N) is 1. The van der Waals surface area contributed by atoms with Crippen molar-refractivity contribution in [1.82, 2.24) is 4.98 Å². The van der Waals surface area contributed by atoms with E-state index in [1.807, 2.05) is 6.20 Å². The first-order valence-corrected chi connectivity index (χ1v) is 7.04. The summed E-state index contributed by atoms with van der Waals surface area (Å²) in [5, 5.41) is 9.45. The van der Waals surface area contributed by atoms with Gasteiger partial charge in [0.2, 0.25) is 0 Å². The van der Waals surface area contributed by atoms with Crippen molar-refractivity contribution >= 4 is 5.97 Å². The number of aromatic nitrogens is 1. The van der Waals surface area contributed by atoms with E-state index in [2.05, 4.69) is 17.2 Å². The fraction of sp³-hybridized carbons (Fsp3) is 0.667. The summed E-state index contributed by atoms with van der Waals surface area (Å²) in [4.78, 5) is 14.6. The maximum absolute atomic E-state index is 11.5. The Bertz CT molecular complexity index is 463. The Morgan fingerprint density at radius 1 is 1.28 bits per heavy atom. The van der Waals surface area contributed by atoms with Gasteiger partial charge in [-0.25, -0.2) is 0 Å². The smallest absolute Gasteiger partial charge is 0.307 e. The molecule has 4 fully saturated rings. The third kappa shape index (κ3) is 1.28. The van der Waals surface area contributed by atoms with Crippen molar-refractivity contribution < 1.29 is 9.90 Å². The Morgan fingerprint density at radius 2 is 2.00 bits per heavy atom. The maximum atomic E-state index is 11.5. The molecule has 4 aliphatic rings. The van der Waals surface area contributed by atoms with Gasteiger partial charge in [-0.05, 0) is 66.9 Å². The molecule has 0 radical (unpaired) electrons. The van der Waals surface area contributed by atoms with E-state index in [4.69, 9.17) is 0 Å². The van der Waals surface area contributed by atoms with E-state index in [1.54, 1.807) is 0 Å². The number of aromatic amines is 1. The number of carbonyl (C=O) groups is 1. The van der Waals surface area contributed by atoms with Gasteiger partial charge in [-0.3, -0.25) is 4.79 Å². The summed E-state index contributed by atoms with van der Waals surface area (Å²) in [5.74, 6) is 1.00. The van der Waals surface area contributed by atoms with Crippen LogP contribution in [0.5, 0.6) is 0 Å². The topological polar surface area (TPSA) is 53.1 Å². The lowest BCUT2D eigenvalue weighted by Gasteiger charge is -2.59. The molecule has 4 bridgehead atoms. The first kappa shape index (κ1) is 10.7. The average Bonchev–Trinajstić information content (AvgIpc) is 2.80. The molecule has 18 heavy (non-hydrogen) atoms. The highest BCUT2D eigenvalue weighted by Crippen LogP contribution is 2.62. The number of hydrogen-bond donors (Lipinski definition) is 2. The highest BCUT2D eigenvalue weighted by atomic mass is 16.4. The lowest BCUT2D eigenvalue weighted by atomic mass is 9.45. The number of aliphatic carboxylic acids is 1. The van der Waals surface area contributed by atoms with Crippen LogP contribution in [0.1, 0.15) is 37.7 Å². The summed E-state index contributed by atoms with van der Waals surface area (Å²) < 4.78 is 0. The van der Waals surface area contributed by atoms with Crippen molar-refractivity contribution in [3.05, 3.63) is 24.0 Å². The van der Waals surface area contributed by atoms with Gasteiger partial charge in [0.1, 0.15) is 0 Å². The number of rotatable bonds is 2. The first-order valence-electron chi connectivity index (χ1n) is 7.04. The molecule has 0 aliphatic heterocycles. The van der Waals surface area contributed by atoms with Gasteiger partial charge >= 0.3 is 5.97 Å². The standard InChI is InChI=1S/C15H19NO2/c17-14(18)13-10-3-9-4-11(13)7-15(5-9,6-10)12-1-2-16-8-12/h1-2,8-11,13,16H,3-7H2,(H,17,18). The van der Waals surface area contributed by atoms with Crippen molar-refractivity contribution in [2.24, 2.45) is 23.7 Å². The molecule has 4 aliphatic carbocycles. The van der Waals surface area contributed by atoms with Crippen LogP contribution in [0.3, 0.4) is 0 Å². The summed E-state index contributed by atoms with van der Waals surface area (Å²) in [6.07, 6.45) is 9.90. The van der Waals surface area contributed by atoms with Crippen molar-refractivity contribution in [2.45, 2.75) is 37.5 Å². The van der Waals surface area contributed by atoms with Gasteiger partial charge in [-0.1, -0.05) is 0 Å². The predicted molar refractivity (Wildman–Crippen MR) is 67.2 cm³/mol. The molecular weight excluding hydrogens is 226 g/mol. The molecule has 1 aromatic heterocycles. The second kappa shape index (κ2) is 3.40. The molecular formula is C15H19NO2. The lowest BCUT2D eigenvalue weighted by molar-refractivity contribution is -0.157. The molecule has 2 unspecified atom stereocenters. The van der Waals surface area contributed by atoms with Crippen molar-refractivity contribution in [3.63, 3.8) is 0 Å². The van der Waals surface area contributed by atoms with Crippen LogP contribution in [0.15, 0.2) is 18.5 Å². The van der Waals surface area contributed by atoms with Crippen molar-refractivity contribution in [1.29, 1.82) is 0 Å². The van der Waals surface area contributed by atoms with Crippen molar-refractivity contribution in [2.75, 3.05) is 0 Å². The molecule has 1 heterocycles. The second-order valence-electron chi connectivity index (χ2n) is 6.71. The minimum Gasteiger partial charge on any atom is -0.481 e. The minimum absolute atomic E-state index is 0.0615. The second-order valence-corrected chi connectivity index (χ2v) is 6.71. The average molecular weight is 245 g/mol. The van der Waals surface area contributed by atoms with E-state index >= 15 is 0 Å². The molecule has 2 atom stereocenters. The van der Waals surface area contributed by atoms with Crippen LogP contribution >= 0.6 is 0 Å². The Labute approximate surface area is 107 Å². The number of carboxylic acid groups (broad SMARTS) is 1. The third-order valence-corrected chi connectivity index (χ3v) is 5.77. The van der Waals surface area contributed by atoms with E-state index in [-0.39, 0.29) is 5.92 Å². The zero-order valence-electron chi connectivity index (χ0n) is 10.4. The quantitative estimate of drug-likeness (QED) is 0.841. The summed E-state index contributed by atoms with van der Waals surface area (Å²) >= 11 is 0. The van der Waals surface area contributed by atoms with Gasteiger partial charge in [0.05, 0.1) is 5.92 Å². The van der Waals surface area contributed by atoms with Gasteiger partial charge in [-0.2, -0.15) is 0 Å². The molecule has 1 aromatic rings. The summed E-state index contributed by atoms with van der Waals surface area (Å²) in [7, 11) is 0. The Balaban J connectivity index is 1.73. The zero-order chi connectivity index (χ0) is 12.3.